The molecular weight excluding hydrogens is 257 g/mol. The van der Waals surface area contributed by atoms with E-state index in [1.807, 2.05) is 6.92 Å². The highest BCUT2D eigenvalue weighted by Gasteiger charge is 2.35. The molecule has 1 aromatic rings. The SMILES string of the molecule is CCCN(CC)c1nc(N(C)N)ccc1C(F)(F)F. The highest BCUT2D eigenvalue weighted by Crippen LogP contribution is 2.36. The lowest BCUT2D eigenvalue weighted by Crippen LogP contribution is -2.30. The van der Waals surface area contributed by atoms with E-state index in [-0.39, 0.29) is 5.82 Å². The normalized spacial score (nSPS) is 11.5. The second-order valence-corrected chi connectivity index (χ2v) is 4.23. The number of hydrogen-bond acceptors (Lipinski definition) is 4. The summed E-state index contributed by atoms with van der Waals surface area (Å²) < 4.78 is 39.0. The molecule has 7 heteroatoms. The Kier molecular flexibility index (Phi) is 4.99. The van der Waals surface area contributed by atoms with Gasteiger partial charge in [0.2, 0.25) is 0 Å². The smallest absolute Gasteiger partial charge is 0.356 e. The second-order valence-electron chi connectivity index (χ2n) is 4.23. The maximum atomic E-state index is 13.0. The van der Waals surface area contributed by atoms with Crippen LogP contribution in [0.15, 0.2) is 12.1 Å². The molecule has 1 rings (SSSR count). The first-order valence-corrected chi connectivity index (χ1v) is 6.12. The van der Waals surface area contributed by atoms with E-state index in [1.165, 1.54) is 18.1 Å². The molecule has 0 atom stereocenters. The number of hydrogen-bond donors (Lipinski definition) is 1. The van der Waals surface area contributed by atoms with Crippen LogP contribution >= 0.6 is 0 Å². The van der Waals surface area contributed by atoms with Crippen molar-refractivity contribution in [2.75, 3.05) is 30.0 Å². The molecule has 0 fully saturated rings. The fourth-order valence-electron chi connectivity index (χ4n) is 1.78. The number of anilines is 2. The molecule has 0 saturated heterocycles. The number of hydrazine groups is 1. The molecule has 0 saturated carbocycles. The molecule has 0 amide bonds. The molecule has 4 nitrogen and oxygen atoms in total. The number of alkyl halides is 3. The highest BCUT2D eigenvalue weighted by atomic mass is 19.4. The fraction of sp³-hybridized carbons (Fsp3) is 0.583. The largest absolute Gasteiger partial charge is 0.419 e. The minimum atomic E-state index is -4.42. The molecule has 19 heavy (non-hydrogen) atoms. The summed E-state index contributed by atoms with van der Waals surface area (Å²) in [5.41, 5.74) is -0.728. The summed E-state index contributed by atoms with van der Waals surface area (Å²) >= 11 is 0. The van der Waals surface area contributed by atoms with Crippen molar-refractivity contribution in [2.45, 2.75) is 26.4 Å². The molecule has 2 N–H and O–H groups in total. The predicted octanol–water partition coefficient (Wildman–Crippen LogP) is 2.65. The number of nitrogens with two attached hydrogens (primary N) is 1. The molecule has 0 bridgehead atoms. The van der Waals surface area contributed by atoms with E-state index in [4.69, 9.17) is 5.84 Å². The number of nitrogens with zero attached hydrogens (tertiary/aromatic N) is 3. The van der Waals surface area contributed by atoms with Crippen molar-refractivity contribution >= 4 is 11.6 Å². The number of aromatic nitrogens is 1. The molecular formula is C12H19F3N4. The van der Waals surface area contributed by atoms with Crippen molar-refractivity contribution in [3.8, 4) is 0 Å². The first-order chi connectivity index (χ1) is 8.81. The molecule has 0 aliphatic carbocycles. The Bertz CT molecular complexity index is 418. The summed E-state index contributed by atoms with van der Waals surface area (Å²) in [4.78, 5) is 5.64. The zero-order chi connectivity index (χ0) is 14.6. The molecule has 108 valence electrons. The first-order valence-electron chi connectivity index (χ1n) is 6.12. The van der Waals surface area contributed by atoms with Crippen LogP contribution in [0.5, 0.6) is 0 Å². The fourth-order valence-corrected chi connectivity index (χ4v) is 1.78. The van der Waals surface area contributed by atoms with Gasteiger partial charge in [-0.2, -0.15) is 13.2 Å². The van der Waals surface area contributed by atoms with Gasteiger partial charge >= 0.3 is 6.18 Å². The Morgan fingerprint density at radius 2 is 1.89 bits per heavy atom. The maximum absolute atomic E-state index is 13.0. The molecule has 0 aliphatic heterocycles. The van der Waals surface area contributed by atoms with Crippen LogP contribution in [-0.2, 0) is 6.18 Å². The van der Waals surface area contributed by atoms with Gasteiger partial charge in [-0.05, 0) is 25.5 Å². The van der Waals surface area contributed by atoms with Gasteiger partial charge < -0.3 is 4.90 Å². The van der Waals surface area contributed by atoms with Gasteiger partial charge in [-0.1, -0.05) is 6.92 Å². The van der Waals surface area contributed by atoms with E-state index >= 15 is 0 Å². The topological polar surface area (TPSA) is 45.4 Å². The molecule has 0 spiro atoms. The first kappa shape index (κ1) is 15.6. The van der Waals surface area contributed by atoms with E-state index in [0.29, 0.717) is 18.9 Å². The van der Waals surface area contributed by atoms with Gasteiger partial charge in [-0.3, -0.25) is 5.01 Å². The van der Waals surface area contributed by atoms with Crippen molar-refractivity contribution in [1.29, 1.82) is 0 Å². The standard InChI is InChI=1S/C12H19F3N4/c1-4-8-19(5-2)11-9(12(13,14)15)6-7-10(17-11)18(3)16/h6-7H,4-5,8,16H2,1-3H3. The lowest BCUT2D eigenvalue weighted by Gasteiger charge is -2.26. The van der Waals surface area contributed by atoms with Crippen LogP contribution in [0.25, 0.3) is 0 Å². The summed E-state index contributed by atoms with van der Waals surface area (Å²) in [6.45, 7) is 4.69. The van der Waals surface area contributed by atoms with Crippen molar-refractivity contribution in [2.24, 2.45) is 5.84 Å². The molecule has 1 aromatic heterocycles. The van der Waals surface area contributed by atoms with Crippen LogP contribution < -0.4 is 15.8 Å². The molecule has 0 unspecified atom stereocenters. The van der Waals surface area contributed by atoms with E-state index in [2.05, 4.69) is 4.98 Å². The van der Waals surface area contributed by atoms with Crippen molar-refractivity contribution < 1.29 is 13.2 Å². The third-order valence-corrected chi connectivity index (χ3v) is 2.70. The zero-order valence-corrected chi connectivity index (χ0v) is 11.3. The second kappa shape index (κ2) is 6.10. The third kappa shape index (κ3) is 3.73. The zero-order valence-electron chi connectivity index (χ0n) is 11.3. The van der Waals surface area contributed by atoms with Crippen LogP contribution in [0, 0.1) is 0 Å². The lowest BCUT2D eigenvalue weighted by molar-refractivity contribution is -0.137. The Balaban J connectivity index is 3.32. The van der Waals surface area contributed by atoms with Crippen molar-refractivity contribution in [1.82, 2.24) is 4.98 Å². The van der Waals surface area contributed by atoms with Gasteiger partial charge in [0.15, 0.2) is 0 Å². The summed E-state index contributed by atoms with van der Waals surface area (Å²) in [5, 5.41) is 1.20. The average molecular weight is 276 g/mol. The van der Waals surface area contributed by atoms with E-state index in [1.54, 1.807) is 11.8 Å². The van der Waals surface area contributed by atoms with Crippen LogP contribution in [-0.4, -0.2) is 25.1 Å². The minimum Gasteiger partial charge on any atom is -0.356 e. The van der Waals surface area contributed by atoms with E-state index in [9.17, 15) is 13.2 Å². The maximum Gasteiger partial charge on any atom is 0.419 e. The highest BCUT2D eigenvalue weighted by molar-refractivity contribution is 5.54. The molecule has 1 heterocycles. The number of pyridine rings is 1. The molecule has 0 aliphatic rings. The monoisotopic (exact) mass is 276 g/mol. The van der Waals surface area contributed by atoms with Crippen LogP contribution in [0.1, 0.15) is 25.8 Å². The Labute approximate surface area is 111 Å². The Hall–Kier alpha value is -1.50. The predicted molar refractivity (Wildman–Crippen MR) is 70.0 cm³/mol. The average Bonchev–Trinajstić information content (AvgIpc) is 2.34. The van der Waals surface area contributed by atoms with Gasteiger partial charge in [-0.25, -0.2) is 10.8 Å². The van der Waals surface area contributed by atoms with Crippen LogP contribution in [0.3, 0.4) is 0 Å². The summed E-state index contributed by atoms with van der Waals surface area (Å²) in [7, 11) is 1.54. The Morgan fingerprint density at radius 1 is 1.26 bits per heavy atom. The van der Waals surface area contributed by atoms with Crippen LogP contribution in [0.2, 0.25) is 0 Å². The number of halogens is 3. The minimum absolute atomic E-state index is 0.0633. The van der Waals surface area contributed by atoms with Gasteiger partial charge in [-0.15, -0.1) is 0 Å². The third-order valence-electron chi connectivity index (χ3n) is 2.70. The van der Waals surface area contributed by atoms with Gasteiger partial charge in [0.1, 0.15) is 11.6 Å². The van der Waals surface area contributed by atoms with E-state index in [0.717, 1.165) is 12.5 Å². The van der Waals surface area contributed by atoms with Crippen LogP contribution in [0.4, 0.5) is 24.8 Å². The van der Waals surface area contributed by atoms with Gasteiger partial charge in [0.25, 0.3) is 0 Å². The molecule has 0 aromatic carbocycles. The summed E-state index contributed by atoms with van der Waals surface area (Å²) in [6, 6.07) is 2.30. The lowest BCUT2D eigenvalue weighted by atomic mass is 10.2. The van der Waals surface area contributed by atoms with Gasteiger partial charge in [0, 0.05) is 20.1 Å². The summed E-state index contributed by atoms with van der Waals surface area (Å²) in [5.74, 6) is 5.77. The van der Waals surface area contributed by atoms with Crippen molar-refractivity contribution in [3.63, 3.8) is 0 Å². The van der Waals surface area contributed by atoms with Gasteiger partial charge in [0.05, 0.1) is 5.56 Å². The summed E-state index contributed by atoms with van der Waals surface area (Å²) in [6.07, 6.45) is -3.68. The van der Waals surface area contributed by atoms with Crippen molar-refractivity contribution in [3.05, 3.63) is 17.7 Å². The number of rotatable bonds is 5. The quantitative estimate of drug-likeness (QED) is 0.663. The molecule has 0 radical (unpaired) electrons. The van der Waals surface area contributed by atoms with E-state index < -0.39 is 11.7 Å². The Morgan fingerprint density at radius 3 is 2.32 bits per heavy atom.